The quantitative estimate of drug-likeness (QED) is 0.363. The van der Waals surface area contributed by atoms with Crippen molar-refractivity contribution in [3.05, 3.63) is 56.6 Å². The Balaban J connectivity index is 0.000000220. The molecule has 2 heterocycles. The van der Waals surface area contributed by atoms with Gasteiger partial charge in [0.1, 0.15) is 22.7 Å². The van der Waals surface area contributed by atoms with Crippen molar-refractivity contribution < 1.29 is 28.5 Å². The maximum Gasteiger partial charge on any atom is 0.410 e. The maximum atomic E-state index is 12.1. The Labute approximate surface area is 247 Å². The molecule has 0 atom stereocenters. The lowest BCUT2D eigenvalue weighted by molar-refractivity contribution is 0.0213. The number of halogens is 2. The zero-order valence-electron chi connectivity index (χ0n) is 24.7. The van der Waals surface area contributed by atoms with Crippen LogP contribution in [0.5, 0.6) is 11.5 Å². The van der Waals surface area contributed by atoms with Crippen molar-refractivity contribution in [3.8, 4) is 11.5 Å². The number of methoxy groups -OCH3 is 2. The van der Waals surface area contributed by atoms with Crippen LogP contribution in [0.4, 0.5) is 9.59 Å². The standard InChI is InChI=1S/2C15H20ClNO3/c1-15(2,3)20-14(18)17-6-5-12-10(9-17)7-11(19-4)8-13(12)16;1-15(2,3)20-14(18)17-6-5-12-10(9-17)7-11(16)8-13(12)19-4/h2*7-8H,5-6,9H2,1-4H3. The predicted octanol–water partition coefficient (Wildman–Crippen LogP) is 7.28. The van der Waals surface area contributed by atoms with Gasteiger partial charge in [-0.25, -0.2) is 9.59 Å². The molecule has 0 radical (unpaired) electrons. The van der Waals surface area contributed by atoms with Crippen molar-refractivity contribution in [1.82, 2.24) is 9.80 Å². The number of amides is 2. The second-order valence-corrected chi connectivity index (χ2v) is 12.6. The maximum absolute atomic E-state index is 12.1. The third kappa shape index (κ3) is 8.58. The molecule has 0 saturated carbocycles. The van der Waals surface area contributed by atoms with Gasteiger partial charge in [-0.3, -0.25) is 0 Å². The lowest BCUT2D eigenvalue weighted by atomic mass is 9.99. The number of fused-ring (bicyclic) bond motifs is 2. The molecule has 0 spiro atoms. The Bertz CT molecular complexity index is 1210. The normalized spacial score (nSPS) is 14.8. The van der Waals surface area contributed by atoms with Crippen LogP contribution in [0.25, 0.3) is 0 Å². The van der Waals surface area contributed by atoms with Crippen molar-refractivity contribution in [3.63, 3.8) is 0 Å². The van der Waals surface area contributed by atoms with E-state index in [9.17, 15) is 9.59 Å². The first-order valence-electron chi connectivity index (χ1n) is 13.3. The molecule has 0 unspecified atom stereocenters. The molecule has 0 bridgehead atoms. The largest absolute Gasteiger partial charge is 0.497 e. The molecule has 0 aliphatic carbocycles. The van der Waals surface area contributed by atoms with Gasteiger partial charge in [0.05, 0.1) is 14.2 Å². The number of hydrogen-bond acceptors (Lipinski definition) is 6. The zero-order valence-corrected chi connectivity index (χ0v) is 26.2. The molecule has 10 heteroatoms. The molecule has 0 saturated heterocycles. The Morgan fingerprint density at radius 2 is 1.23 bits per heavy atom. The van der Waals surface area contributed by atoms with E-state index in [1.165, 1.54) is 0 Å². The first kappa shape index (κ1) is 31.7. The SMILES string of the molecule is COc1cc(Cl)c2c(c1)CN(C(=O)OC(C)(C)C)CC2.COc1cc(Cl)cc2c1CCN(C(=O)OC(C)(C)C)C2. The summed E-state index contributed by atoms with van der Waals surface area (Å²) in [5, 5.41) is 1.31. The summed E-state index contributed by atoms with van der Waals surface area (Å²) in [5.41, 5.74) is 3.29. The van der Waals surface area contributed by atoms with E-state index >= 15 is 0 Å². The van der Waals surface area contributed by atoms with E-state index in [1.54, 1.807) is 24.0 Å². The van der Waals surface area contributed by atoms with E-state index in [0.717, 1.165) is 40.8 Å². The number of nitrogens with zero attached hydrogens (tertiary/aromatic N) is 2. The van der Waals surface area contributed by atoms with Gasteiger partial charge < -0.3 is 28.7 Å². The minimum atomic E-state index is -0.483. The van der Waals surface area contributed by atoms with Crippen LogP contribution in [0, 0.1) is 0 Å². The summed E-state index contributed by atoms with van der Waals surface area (Å²) in [6.07, 6.45) is 0.899. The summed E-state index contributed by atoms with van der Waals surface area (Å²) >= 11 is 12.3. The zero-order chi connectivity index (χ0) is 29.8. The van der Waals surface area contributed by atoms with E-state index < -0.39 is 11.2 Å². The Kier molecular flexibility index (Phi) is 10.1. The third-order valence-electron chi connectivity index (χ3n) is 6.27. The van der Waals surface area contributed by atoms with Crippen LogP contribution >= 0.6 is 23.2 Å². The molecular weight excluding hydrogens is 555 g/mol. The topological polar surface area (TPSA) is 77.5 Å². The summed E-state index contributed by atoms with van der Waals surface area (Å²) in [6.45, 7) is 13.4. The lowest BCUT2D eigenvalue weighted by Crippen LogP contribution is -2.40. The molecule has 2 aliphatic heterocycles. The molecule has 2 aromatic carbocycles. The van der Waals surface area contributed by atoms with Gasteiger partial charge in [0, 0.05) is 41.8 Å². The first-order chi connectivity index (χ1) is 18.6. The Morgan fingerprint density at radius 3 is 1.70 bits per heavy atom. The minimum absolute atomic E-state index is 0.290. The number of ether oxygens (including phenoxy) is 4. The molecule has 0 fully saturated rings. The van der Waals surface area contributed by atoms with Crippen molar-refractivity contribution in [2.45, 2.75) is 78.7 Å². The van der Waals surface area contributed by atoms with Crippen LogP contribution in [0.2, 0.25) is 10.0 Å². The van der Waals surface area contributed by atoms with Gasteiger partial charge >= 0.3 is 12.2 Å². The van der Waals surface area contributed by atoms with E-state index in [1.807, 2.05) is 65.8 Å². The van der Waals surface area contributed by atoms with E-state index in [4.69, 9.17) is 42.1 Å². The Morgan fingerprint density at radius 1 is 0.725 bits per heavy atom. The van der Waals surface area contributed by atoms with Crippen molar-refractivity contribution in [1.29, 1.82) is 0 Å². The second kappa shape index (κ2) is 12.8. The first-order valence-corrected chi connectivity index (χ1v) is 14.0. The predicted molar refractivity (Wildman–Crippen MR) is 157 cm³/mol. The third-order valence-corrected chi connectivity index (χ3v) is 6.83. The van der Waals surface area contributed by atoms with Crippen LogP contribution in [0.15, 0.2) is 24.3 Å². The monoisotopic (exact) mass is 594 g/mol. The highest BCUT2D eigenvalue weighted by Gasteiger charge is 2.28. The fourth-order valence-electron chi connectivity index (χ4n) is 4.51. The van der Waals surface area contributed by atoms with Gasteiger partial charge in [-0.05, 0) is 95.3 Å². The van der Waals surface area contributed by atoms with Gasteiger partial charge in [-0.15, -0.1) is 0 Å². The van der Waals surface area contributed by atoms with Gasteiger partial charge in [0.25, 0.3) is 0 Å². The van der Waals surface area contributed by atoms with Crippen LogP contribution < -0.4 is 9.47 Å². The number of hydrogen-bond donors (Lipinski definition) is 0. The molecule has 2 aliphatic rings. The lowest BCUT2D eigenvalue weighted by Gasteiger charge is -2.31. The van der Waals surface area contributed by atoms with Crippen LogP contribution in [-0.2, 0) is 35.4 Å². The minimum Gasteiger partial charge on any atom is -0.497 e. The van der Waals surface area contributed by atoms with Gasteiger partial charge in [-0.2, -0.15) is 0 Å². The van der Waals surface area contributed by atoms with Crippen LogP contribution in [0.1, 0.15) is 63.8 Å². The average Bonchev–Trinajstić information content (AvgIpc) is 2.85. The highest BCUT2D eigenvalue weighted by atomic mass is 35.5. The van der Waals surface area contributed by atoms with E-state index in [-0.39, 0.29) is 12.2 Å². The molecule has 8 nitrogen and oxygen atoms in total. The summed E-state index contributed by atoms with van der Waals surface area (Å²) < 4.78 is 21.4. The summed E-state index contributed by atoms with van der Waals surface area (Å²) in [7, 11) is 3.23. The fourth-order valence-corrected chi connectivity index (χ4v) is 5.06. The molecule has 2 aromatic rings. The summed E-state index contributed by atoms with van der Waals surface area (Å²) in [5.74, 6) is 1.50. The van der Waals surface area contributed by atoms with Crippen molar-refractivity contribution >= 4 is 35.4 Å². The van der Waals surface area contributed by atoms with Crippen LogP contribution in [-0.4, -0.2) is 60.5 Å². The molecule has 220 valence electrons. The average molecular weight is 596 g/mol. The highest BCUT2D eigenvalue weighted by Crippen LogP contribution is 2.33. The molecule has 40 heavy (non-hydrogen) atoms. The van der Waals surface area contributed by atoms with Crippen LogP contribution in [0.3, 0.4) is 0 Å². The number of rotatable bonds is 2. The molecule has 0 aromatic heterocycles. The van der Waals surface area contributed by atoms with Gasteiger partial charge in [0.2, 0.25) is 0 Å². The highest BCUT2D eigenvalue weighted by molar-refractivity contribution is 6.31. The molecular formula is C30H40Cl2N2O6. The fraction of sp³-hybridized carbons (Fsp3) is 0.533. The van der Waals surface area contributed by atoms with E-state index in [2.05, 4.69) is 0 Å². The van der Waals surface area contributed by atoms with Gasteiger partial charge in [-0.1, -0.05) is 23.2 Å². The van der Waals surface area contributed by atoms with Crippen molar-refractivity contribution in [2.75, 3.05) is 27.3 Å². The molecule has 4 rings (SSSR count). The number of carbonyl (C=O) groups excluding carboxylic acids is 2. The summed E-state index contributed by atoms with van der Waals surface area (Å²) in [6, 6.07) is 7.43. The van der Waals surface area contributed by atoms with E-state index in [0.29, 0.717) is 42.0 Å². The number of carbonyl (C=O) groups is 2. The number of benzene rings is 2. The molecule has 2 amide bonds. The van der Waals surface area contributed by atoms with Gasteiger partial charge in [0.15, 0.2) is 0 Å². The Hall–Kier alpha value is -2.84. The second-order valence-electron chi connectivity index (χ2n) is 11.8. The molecule has 0 N–H and O–H groups in total. The smallest absolute Gasteiger partial charge is 0.410 e. The van der Waals surface area contributed by atoms with Crippen molar-refractivity contribution in [2.24, 2.45) is 0 Å². The summed E-state index contributed by atoms with van der Waals surface area (Å²) in [4.78, 5) is 27.6.